The molecule has 0 bridgehead atoms. The first kappa shape index (κ1) is 10.2. The molecule has 1 aliphatic rings. The smallest absolute Gasteiger partial charge is 0.197 e. The monoisotopic (exact) mass is 318 g/mol. The zero-order valence-corrected chi connectivity index (χ0v) is 10.7. The molecule has 0 fully saturated rings. The number of hydrogen-bond acceptors (Lipinski definition) is 2. The van der Waals surface area contributed by atoms with Gasteiger partial charge in [0, 0.05) is 0 Å². The highest BCUT2D eigenvalue weighted by atomic mass is 79.9. The van der Waals surface area contributed by atoms with Crippen molar-refractivity contribution in [3.63, 3.8) is 0 Å². The lowest BCUT2D eigenvalue weighted by Gasteiger charge is -2.26. The van der Waals surface area contributed by atoms with Gasteiger partial charge < -0.3 is 4.74 Å². The summed E-state index contributed by atoms with van der Waals surface area (Å²) >= 11 is 6.59. The van der Waals surface area contributed by atoms with E-state index in [0.717, 1.165) is 5.56 Å². The van der Waals surface area contributed by atoms with Gasteiger partial charge in [-0.15, -0.1) is 0 Å². The molecule has 1 aromatic rings. The summed E-state index contributed by atoms with van der Waals surface area (Å²) in [7, 11) is 0. The maximum Gasteiger partial charge on any atom is 0.197 e. The maximum atomic E-state index is 11.9. The van der Waals surface area contributed by atoms with E-state index in [2.05, 4.69) is 31.9 Å². The van der Waals surface area contributed by atoms with Gasteiger partial charge in [0.15, 0.2) is 9.02 Å². The molecule has 2 rings (SSSR count). The van der Waals surface area contributed by atoms with Crippen LogP contribution >= 0.6 is 31.9 Å². The van der Waals surface area contributed by atoms with Gasteiger partial charge in [0.05, 0.1) is 5.56 Å². The van der Waals surface area contributed by atoms with Crippen LogP contribution in [0, 0.1) is 6.92 Å². The van der Waals surface area contributed by atoms with Crippen LogP contribution in [0.4, 0.5) is 0 Å². The zero-order valence-electron chi connectivity index (χ0n) is 7.51. The topological polar surface area (TPSA) is 26.3 Å². The third-order valence-electron chi connectivity index (χ3n) is 2.12. The number of rotatable bonds is 0. The summed E-state index contributed by atoms with van der Waals surface area (Å²) in [6.07, 6.45) is 0. The Morgan fingerprint density at radius 1 is 1.43 bits per heavy atom. The summed E-state index contributed by atoms with van der Waals surface area (Å²) in [4.78, 5) is 11.9. The Morgan fingerprint density at radius 3 is 2.86 bits per heavy atom. The Labute approximate surface area is 98.9 Å². The first-order valence-corrected chi connectivity index (χ1v) is 5.75. The van der Waals surface area contributed by atoms with E-state index in [0.29, 0.717) is 17.9 Å². The number of fused-ring (bicyclic) bond motifs is 1. The number of carbonyl (C=O) groups excluding carboxylic acids is 1. The van der Waals surface area contributed by atoms with Crippen molar-refractivity contribution in [2.75, 3.05) is 6.61 Å². The van der Waals surface area contributed by atoms with Crippen LogP contribution < -0.4 is 4.74 Å². The predicted molar refractivity (Wildman–Crippen MR) is 61.6 cm³/mol. The molecule has 0 aliphatic carbocycles. The van der Waals surface area contributed by atoms with E-state index >= 15 is 0 Å². The Kier molecular flexibility index (Phi) is 2.43. The van der Waals surface area contributed by atoms with E-state index in [9.17, 15) is 4.79 Å². The van der Waals surface area contributed by atoms with Crippen molar-refractivity contribution in [2.45, 2.75) is 10.2 Å². The van der Waals surface area contributed by atoms with E-state index in [1.807, 2.05) is 25.1 Å². The number of halogens is 2. The summed E-state index contributed by atoms with van der Waals surface area (Å²) in [5, 5.41) is 0. The Bertz CT molecular complexity index is 399. The lowest BCUT2D eigenvalue weighted by molar-refractivity contribution is 0.0933. The van der Waals surface area contributed by atoms with Crippen LogP contribution in [0.15, 0.2) is 18.2 Å². The van der Waals surface area contributed by atoms with Crippen molar-refractivity contribution < 1.29 is 9.53 Å². The highest BCUT2D eigenvalue weighted by Gasteiger charge is 2.39. The van der Waals surface area contributed by atoms with Gasteiger partial charge in [0.2, 0.25) is 0 Å². The van der Waals surface area contributed by atoms with E-state index in [4.69, 9.17) is 4.74 Å². The standard InChI is InChI=1S/C10H8Br2O2/c1-6-2-3-8-7(4-6)9(13)10(11,12)5-14-8/h2-4H,5H2,1H3. The van der Waals surface area contributed by atoms with E-state index < -0.39 is 3.23 Å². The molecule has 0 aromatic heterocycles. The largest absolute Gasteiger partial charge is 0.490 e. The molecule has 1 aliphatic heterocycles. The number of benzene rings is 1. The molecule has 0 saturated heterocycles. The molecule has 0 unspecified atom stereocenters. The van der Waals surface area contributed by atoms with Gasteiger partial charge in [-0.2, -0.15) is 0 Å². The van der Waals surface area contributed by atoms with Crippen LogP contribution in [0.3, 0.4) is 0 Å². The number of hydrogen-bond donors (Lipinski definition) is 0. The number of alkyl halides is 2. The van der Waals surface area contributed by atoms with Gasteiger partial charge in [-0.25, -0.2) is 0 Å². The zero-order chi connectivity index (χ0) is 10.3. The van der Waals surface area contributed by atoms with Gasteiger partial charge >= 0.3 is 0 Å². The Morgan fingerprint density at radius 2 is 2.14 bits per heavy atom. The quantitative estimate of drug-likeness (QED) is 0.687. The highest BCUT2D eigenvalue weighted by molar-refractivity contribution is 9.26. The van der Waals surface area contributed by atoms with Crippen LogP contribution in [0.2, 0.25) is 0 Å². The normalized spacial score (nSPS) is 18.6. The second kappa shape index (κ2) is 3.35. The second-order valence-corrected chi connectivity index (χ2v) is 7.09. The Balaban J connectivity index is 2.54. The fourth-order valence-corrected chi connectivity index (χ4v) is 2.03. The lowest BCUT2D eigenvalue weighted by atomic mass is 10.0. The van der Waals surface area contributed by atoms with E-state index in [1.165, 1.54) is 0 Å². The van der Waals surface area contributed by atoms with E-state index in [1.54, 1.807) is 0 Å². The summed E-state index contributed by atoms with van der Waals surface area (Å²) in [6, 6.07) is 5.60. The summed E-state index contributed by atoms with van der Waals surface area (Å²) < 4.78 is 4.69. The van der Waals surface area contributed by atoms with Crippen LogP contribution in [-0.4, -0.2) is 15.6 Å². The van der Waals surface area contributed by atoms with Crippen molar-refractivity contribution in [3.05, 3.63) is 29.3 Å². The Hall–Kier alpha value is -0.350. The molecule has 4 heteroatoms. The van der Waals surface area contributed by atoms with Crippen LogP contribution in [0.1, 0.15) is 15.9 Å². The molecule has 1 aromatic carbocycles. The third-order valence-corrected chi connectivity index (χ3v) is 3.30. The minimum Gasteiger partial charge on any atom is -0.490 e. The molecule has 0 saturated carbocycles. The number of ketones is 1. The lowest BCUT2D eigenvalue weighted by Crippen LogP contribution is -2.36. The van der Waals surface area contributed by atoms with E-state index in [-0.39, 0.29) is 5.78 Å². The SMILES string of the molecule is Cc1ccc2c(c1)C(=O)C(Br)(Br)CO2. The van der Waals surface area contributed by atoms with Gasteiger partial charge in [0.25, 0.3) is 0 Å². The number of ether oxygens (including phenoxy) is 1. The van der Waals surface area contributed by atoms with Gasteiger partial charge in [-0.1, -0.05) is 43.5 Å². The molecule has 74 valence electrons. The molecule has 0 atom stereocenters. The fraction of sp³-hybridized carbons (Fsp3) is 0.300. The minimum absolute atomic E-state index is 0.0162. The second-order valence-electron chi connectivity index (χ2n) is 3.32. The number of Topliss-reactive ketones (excluding diaryl/α,β-unsaturated/α-hetero) is 1. The summed E-state index contributed by atoms with van der Waals surface area (Å²) in [6.45, 7) is 2.26. The van der Waals surface area contributed by atoms with Gasteiger partial charge in [0.1, 0.15) is 12.4 Å². The minimum atomic E-state index is -0.763. The molecule has 1 heterocycles. The average molecular weight is 320 g/mol. The summed E-state index contributed by atoms with van der Waals surface area (Å²) in [5.74, 6) is 0.678. The molecule has 2 nitrogen and oxygen atoms in total. The first-order valence-electron chi connectivity index (χ1n) is 4.17. The van der Waals surface area contributed by atoms with Crippen molar-refractivity contribution >= 4 is 37.6 Å². The molecule has 0 radical (unpaired) electrons. The highest BCUT2D eigenvalue weighted by Crippen LogP contribution is 2.38. The van der Waals surface area contributed by atoms with Crippen molar-refractivity contribution in [2.24, 2.45) is 0 Å². The van der Waals surface area contributed by atoms with Crippen LogP contribution in [0.25, 0.3) is 0 Å². The van der Waals surface area contributed by atoms with Crippen molar-refractivity contribution in [3.8, 4) is 5.75 Å². The van der Waals surface area contributed by atoms with Gasteiger partial charge in [-0.05, 0) is 19.1 Å². The molecule has 0 N–H and O–H groups in total. The predicted octanol–water partition coefficient (Wildman–Crippen LogP) is 3.06. The van der Waals surface area contributed by atoms with Crippen LogP contribution in [0.5, 0.6) is 5.75 Å². The molecule has 14 heavy (non-hydrogen) atoms. The molecule has 0 spiro atoms. The first-order chi connectivity index (χ1) is 6.50. The average Bonchev–Trinajstić information content (AvgIpc) is 2.13. The maximum absolute atomic E-state index is 11.9. The number of carbonyl (C=O) groups is 1. The summed E-state index contributed by atoms with van der Waals surface area (Å²) in [5.41, 5.74) is 1.68. The molecular weight excluding hydrogens is 312 g/mol. The van der Waals surface area contributed by atoms with Crippen LogP contribution in [-0.2, 0) is 0 Å². The molecular formula is C10H8Br2O2. The number of aryl methyl sites for hydroxylation is 1. The third kappa shape index (κ3) is 1.61. The van der Waals surface area contributed by atoms with Crippen molar-refractivity contribution in [1.82, 2.24) is 0 Å². The molecule has 0 amide bonds. The fourth-order valence-electron chi connectivity index (χ4n) is 1.38. The van der Waals surface area contributed by atoms with Gasteiger partial charge in [-0.3, -0.25) is 4.79 Å². The van der Waals surface area contributed by atoms with Crippen molar-refractivity contribution in [1.29, 1.82) is 0 Å².